The van der Waals surface area contributed by atoms with Gasteiger partial charge in [-0.1, -0.05) is 0 Å². The van der Waals surface area contributed by atoms with E-state index in [1.54, 1.807) is 6.92 Å². The van der Waals surface area contributed by atoms with Crippen LogP contribution in [0.3, 0.4) is 0 Å². The predicted molar refractivity (Wildman–Crippen MR) is 96.2 cm³/mol. The van der Waals surface area contributed by atoms with Crippen LogP contribution >= 0.6 is 0 Å². The van der Waals surface area contributed by atoms with Crippen LogP contribution in [0, 0.1) is 5.82 Å². The van der Waals surface area contributed by atoms with Gasteiger partial charge in [-0.3, -0.25) is 9.59 Å². The molecule has 1 heterocycles. The van der Waals surface area contributed by atoms with Gasteiger partial charge < -0.3 is 18.6 Å². The maximum Gasteiger partial charge on any atom is 0.378 e. The lowest BCUT2D eigenvalue weighted by molar-refractivity contribution is -0.131. The summed E-state index contributed by atoms with van der Waals surface area (Å²) in [5.41, 5.74) is -0.624. The van der Waals surface area contributed by atoms with E-state index in [1.165, 1.54) is 37.3 Å². The highest BCUT2D eigenvalue weighted by molar-refractivity contribution is 5.93. The first-order valence-electron chi connectivity index (χ1n) is 8.29. The van der Waals surface area contributed by atoms with E-state index in [-0.39, 0.29) is 29.1 Å². The Hall–Kier alpha value is -3.68. The van der Waals surface area contributed by atoms with Gasteiger partial charge in [0.15, 0.2) is 0 Å². The Morgan fingerprint density at radius 3 is 2.39 bits per heavy atom. The van der Waals surface area contributed by atoms with Gasteiger partial charge in [-0.15, -0.1) is 0 Å². The lowest BCUT2D eigenvalue weighted by atomic mass is 10.2. The van der Waals surface area contributed by atoms with Crippen molar-refractivity contribution in [2.45, 2.75) is 13.8 Å². The van der Waals surface area contributed by atoms with Gasteiger partial charge in [-0.25, -0.2) is 9.18 Å². The van der Waals surface area contributed by atoms with Crippen molar-refractivity contribution >= 4 is 22.9 Å². The van der Waals surface area contributed by atoms with E-state index < -0.39 is 34.7 Å². The number of hydrogen-bond acceptors (Lipinski definition) is 7. The van der Waals surface area contributed by atoms with Crippen LogP contribution in [-0.2, 0) is 9.53 Å². The molecule has 2 aromatic carbocycles. The first-order valence-corrected chi connectivity index (χ1v) is 8.29. The SMILES string of the molecule is CCOC(=O)c1oc2cc(OC(C)=O)ccc2c(=O)c1Oc1ccc(F)cc1. The van der Waals surface area contributed by atoms with Crippen LogP contribution in [0.1, 0.15) is 24.4 Å². The quantitative estimate of drug-likeness (QED) is 0.486. The summed E-state index contributed by atoms with van der Waals surface area (Å²) in [5.74, 6) is -2.51. The molecule has 8 heteroatoms. The fourth-order valence-electron chi connectivity index (χ4n) is 2.43. The summed E-state index contributed by atoms with van der Waals surface area (Å²) in [6.45, 7) is 2.87. The number of fused-ring (bicyclic) bond motifs is 1. The second-order valence-corrected chi connectivity index (χ2v) is 5.62. The van der Waals surface area contributed by atoms with Crippen LogP contribution in [0.5, 0.6) is 17.2 Å². The first-order chi connectivity index (χ1) is 13.4. The fraction of sp³-hybridized carbons (Fsp3) is 0.150. The summed E-state index contributed by atoms with van der Waals surface area (Å²) in [4.78, 5) is 36.3. The van der Waals surface area contributed by atoms with E-state index in [4.69, 9.17) is 18.6 Å². The van der Waals surface area contributed by atoms with Crippen LogP contribution in [-0.4, -0.2) is 18.5 Å². The standard InChI is InChI=1S/C20H15FO7/c1-3-25-20(24)19-18(27-13-6-4-12(21)5-7-13)17(23)15-9-8-14(26-11(2)22)10-16(15)28-19/h4-10H,3H2,1-2H3. The molecule has 0 spiro atoms. The molecule has 0 saturated carbocycles. The van der Waals surface area contributed by atoms with Crippen LogP contribution in [0.15, 0.2) is 51.7 Å². The van der Waals surface area contributed by atoms with E-state index in [0.717, 1.165) is 12.1 Å². The molecule has 0 unspecified atom stereocenters. The van der Waals surface area contributed by atoms with Gasteiger partial charge in [0.2, 0.25) is 11.2 Å². The second-order valence-electron chi connectivity index (χ2n) is 5.62. The Labute approximate surface area is 158 Å². The van der Waals surface area contributed by atoms with Crippen molar-refractivity contribution in [1.82, 2.24) is 0 Å². The Bertz CT molecular complexity index is 1100. The van der Waals surface area contributed by atoms with Crippen LogP contribution in [0.2, 0.25) is 0 Å². The third-order valence-electron chi connectivity index (χ3n) is 3.58. The molecule has 0 radical (unpaired) electrons. The predicted octanol–water partition coefficient (Wildman–Crippen LogP) is 3.83. The second kappa shape index (κ2) is 7.91. The lowest BCUT2D eigenvalue weighted by Gasteiger charge is -2.11. The molecular formula is C20H15FO7. The molecule has 0 saturated heterocycles. The molecule has 144 valence electrons. The Kier molecular flexibility index (Phi) is 5.39. The first kappa shape index (κ1) is 19.1. The summed E-state index contributed by atoms with van der Waals surface area (Å²) in [5, 5.41) is 0.0982. The minimum atomic E-state index is -0.906. The van der Waals surface area contributed by atoms with Crippen molar-refractivity contribution in [2.24, 2.45) is 0 Å². The summed E-state index contributed by atoms with van der Waals surface area (Å²) < 4.78 is 34.0. The minimum Gasteiger partial charge on any atom is -0.460 e. The third kappa shape index (κ3) is 4.01. The molecule has 0 amide bonds. The van der Waals surface area contributed by atoms with Crippen molar-refractivity contribution in [1.29, 1.82) is 0 Å². The smallest absolute Gasteiger partial charge is 0.378 e. The number of carbonyl (C=O) groups is 2. The van der Waals surface area contributed by atoms with Gasteiger partial charge in [0.25, 0.3) is 5.76 Å². The number of benzene rings is 2. The zero-order valence-electron chi connectivity index (χ0n) is 15.0. The van der Waals surface area contributed by atoms with E-state index >= 15 is 0 Å². The highest BCUT2D eigenvalue weighted by Gasteiger charge is 2.24. The summed E-state index contributed by atoms with van der Waals surface area (Å²) in [6.07, 6.45) is 0. The van der Waals surface area contributed by atoms with Crippen molar-refractivity contribution in [2.75, 3.05) is 6.61 Å². The van der Waals surface area contributed by atoms with Crippen molar-refractivity contribution in [3.63, 3.8) is 0 Å². The van der Waals surface area contributed by atoms with Gasteiger partial charge in [-0.05, 0) is 43.3 Å². The lowest BCUT2D eigenvalue weighted by Crippen LogP contribution is -2.14. The van der Waals surface area contributed by atoms with Crippen LogP contribution in [0.25, 0.3) is 11.0 Å². The summed E-state index contributed by atoms with van der Waals surface area (Å²) in [6, 6.07) is 9.00. The number of esters is 2. The average molecular weight is 386 g/mol. The molecule has 0 atom stereocenters. The highest BCUT2D eigenvalue weighted by Crippen LogP contribution is 2.28. The van der Waals surface area contributed by atoms with Crippen LogP contribution < -0.4 is 14.9 Å². The Morgan fingerprint density at radius 2 is 1.75 bits per heavy atom. The number of hydrogen-bond donors (Lipinski definition) is 0. The largest absolute Gasteiger partial charge is 0.460 e. The Balaban J connectivity index is 2.16. The van der Waals surface area contributed by atoms with E-state index in [1.807, 2.05) is 0 Å². The summed E-state index contributed by atoms with van der Waals surface area (Å²) in [7, 11) is 0. The zero-order chi connectivity index (χ0) is 20.3. The minimum absolute atomic E-state index is 0.0123. The summed E-state index contributed by atoms with van der Waals surface area (Å²) >= 11 is 0. The monoisotopic (exact) mass is 386 g/mol. The van der Waals surface area contributed by atoms with Gasteiger partial charge in [0.05, 0.1) is 12.0 Å². The van der Waals surface area contributed by atoms with Crippen LogP contribution in [0.4, 0.5) is 4.39 Å². The van der Waals surface area contributed by atoms with E-state index in [9.17, 15) is 18.8 Å². The zero-order valence-corrected chi connectivity index (χ0v) is 15.0. The number of halogens is 1. The molecule has 0 aliphatic heterocycles. The molecule has 0 aliphatic rings. The van der Waals surface area contributed by atoms with Gasteiger partial charge in [-0.2, -0.15) is 0 Å². The maximum atomic E-state index is 13.1. The molecule has 0 N–H and O–H groups in total. The van der Waals surface area contributed by atoms with Crippen molar-refractivity contribution in [3.05, 3.63) is 64.3 Å². The normalized spacial score (nSPS) is 10.5. The number of carbonyl (C=O) groups excluding carboxylic acids is 2. The topological polar surface area (TPSA) is 92.0 Å². The average Bonchev–Trinajstić information content (AvgIpc) is 2.65. The van der Waals surface area contributed by atoms with Gasteiger partial charge in [0, 0.05) is 13.0 Å². The number of ether oxygens (including phenoxy) is 3. The molecule has 0 bridgehead atoms. The molecule has 0 fully saturated rings. The molecule has 3 rings (SSSR count). The van der Waals surface area contributed by atoms with Gasteiger partial charge >= 0.3 is 11.9 Å². The third-order valence-corrected chi connectivity index (χ3v) is 3.58. The molecule has 7 nitrogen and oxygen atoms in total. The molecule has 3 aromatic rings. The molecular weight excluding hydrogens is 371 g/mol. The number of rotatable bonds is 5. The molecule has 1 aromatic heterocycles. The molecule has 0 aliphatic carbocycles. The van der Waals surface area contributed by atoms with Crippen molar-refractivity contribution < 1.29 is 32.6 Å². The van der Waals surface area contributed by atoms with Gasteiger partial charge in [0.1, 0.15) is 22.9 Å². The van der Waals surface area contributed by atoms with Crippen molar-refractivity contribution in [3.8, 4) is 17.2 Å². The Morgan fingerprint density at radius 1 is 1.07 bits per heavy atom. The fourth-order valence-corrected chi connectivity index (χ4v) is 2.43. The van der Waals surface area contributed by atoms with E-state index in [2.05, 4.69) is 0 Å². The molecule has 28 heavy (non-hydrogen) atoms. The van der Waals surface area contributed by atoms with E-state index in [0.29, 0.717) is 0 Å². The highest BCUT2D eigenvalue weighted by atomic mass is 19.1. The maximum absolute atomic E-state index is 13.1.